The summed E-state index contributed by atoms with van der Waals surface area (Å²) in [6.45, 7) is 4.48. The van der Waals surface area contributed by atoms with Gasteiger partial charge in [0.15, 0.2) is 6.20 Å². The summed E-state index contributed by atoms with van der Waals surface area (Å²) in [6.07, 6.45) is 2.18. The lowest BCUT2D eigenvalue weighted by Crippen LogP contribution is -2.29. The molecule has 0 aliphatic heterocycles. The van der Waals surface area contributed by atoms with Gasteiger partial charge in [-0.05, 0) is 66.8 Å². The van der Waals surface area contributed by atoms with E-state index in [1.807, 2.05) is 30.3 Å². The first-order valence-corrected chi connectivity index (χ1v) is 11.4. The Labute approximate surface area is 191 Å². The molecular formula is C30H23N2O+. The number of pyridine rings is 2. The quantitative estimate of drug-likeness (QED) is 0.162. The standard InChI is InChI=1S/C30H23N2O/c1-18-16-24-23-13-12-22(33-21-9-5-4-6-10-21)17-26(23)32-25-11-7-8-20-14-15-31(3)30(28(20)25)27(19(18)2)29(24)32/h4-17H,1-3H3/q+1. The van der Waals surface area contributed by atoms with Crippen LogP contribution in [0.4, 0.5) is 0 Å². The number of para-hydroxylation sites is 1. The average molecular weight is 428 g/mol. The Bertz CT molecular complexity index is 1860. The first kappa shape index (κ1) is 18.5. The van der Waals surface area contributed by atoms with Crippen molar-refractivity contribution in [2.45, 2.75) is 13.8 Å². The summed E-state index contributed by atoms with van der Waals surface area (Å²) in [6, 6.07) is 27.6. The van der Waals surface area contributed by atoms with E-state index >= 15 is 0 Å². The van der Waals surface area contributed by atoms with E-state index in [1.165, 1.54) is 60.1 Å². The van der Waals surface area contributed by atoms with Crippen LogP contribution in [0.3, 0.4) is 0 Å². The van der Waals surface area contributed by atoms with Crippen molar-refractivity contribution in [3.8, 4) is 11.5 Å². The zero-order chi connectivity index (χ0) is 22.3. The summed E-state index contributed by atoms with van der Waals surface area (Å²) in [4.78, 5) is 0. The van der Waals surface area contributed by atoms with Gasteiger partial charge in [0, 0.05) is 22.9 Å². The lowest BCUT2D eigenvalue weighted by molar-refractivity contribution is -0.643. The second kappa shape index (κ2) is 6.46. The normalized spacial score (nSPS) is 12.1. The summed E-state index contributed by atoms with van der Waals surface area (Å²) in [5.41, 5.74) is 7.64. The van der Waals surface area contributed by atoms with Crippen LogP contribution < -0.4 is 9.30 Å². The third-order valence-corrected chi connectivity index (χ3v) is 7.14. The fourth-order valence-electron chi connectivity index (χ4n) is 5.50. The summed E-state index contributed by atoms with van der Waals surface area (Å²) < 4.78 is 10.9. The van der Waals surface area contributed by atoms with Gasteiger partial charge in [-0.15, -0.1) is 0 Å². The molecule has 0 bridgehead atoms. The molecule has 0 amide bonds. The van der Waals surface area contributed by atoms with Gasteiger partial charge >= 0.3 is 0 Å². The van der Waals surface area contributed by atoms with Gasteiger partial charge in [0.25, 0.3) is 0 Å². The van der Waals surface area contributed by atoms with Crippen LogP contribution in [0.25, 0.3) is 49.0 Å². The first-order chi connectivity index (χ1) is 16.1. The Kier molecular flexibility index (Phi) is 3.61. The number of aromatic nitrogens is 2. The molecule has 158 valence electrons. The zero-order valence-corrected chi connectivity index (χ0v) is 18.9. The van der Waals surface area contributed by atoms with Crippen LogP contribution in [-0.2, 0) is 7.05 Å². The van der Waals surface area contributed by atoms with E-state index in [9.17, 15) is 0 Å². The molecule has 3 heteroatoms. The molecule has 3 nitrogen and oxygen atoms in total. The number of hydrogen-bond acceptors (Lipinski definition) is 1. The van der Waals surface area contributed by atoms with E-state index in [0.29, 0.717) is 0 Å². The third kappa shape index (κ3) is 2.42. The minimum absolute atomic E-state index is 0.846. The highest BCUT2D eigenvalue weighted by atomic mass is 16.5. The number of rotatable bonds is 2. The van der Waals surface area contributed by atoms with Gasteiger partial charge in [-0.1, -0.05) is 30.3 Å². The van der Waals surface area contributed by atoms with E-state index in [2.05, 4.69) is 84.6 Å². The zero-order valence-electron chi connectivity index (χ0n) is 18.9. The molecule has 0 radical (unpaired) electrons. The molecule has 0 atom stereocenters. The molecule has 0 spiro atoms. The minimum atomic E-state index is 0.846. The van der Waals surface area contributed by atoms with Crippen LogP contribution in [0.2, 0.25) is 0 Å². The topological polar surface area (TPSA) is 17.5 Å². The van der Waals surface area contributed by atoms with E-state index in [1.54, 1.807) is 0 Å². The molecule has 0 fully saturated rings. The molecule has 33 heavy (non-hydrogen) atoms. The van der Waals surface area contributed by atoms with Gasteiger partial charge in [-0.2, -0.15) is 0 Å². The molecule has 0 saturated carbocycles. The van der Waals surface area contributed by atoms with E-state index in [4.69, 9.17) is 4.74 Å². The molecule has 0 saturated heterocycles. The number of benzene rings is 4. The summed E-state index contributed by atoms with van der Waals surface area (Å²) >= 11 is 0. The fraction of sp³-hybridized carbons (Fsp3) is 0.100. The molecule has 0 N–H and O–H groups in total. The molecule has 0 unspecified atom stereocenters. The molecule has 3 heterocycles. The van der Waals surface area contributed by atoms with Crippen molar-refractivity contribution < 1.29 is 9.30 Å². The fourth-order valence-corrected chi connectivity index (χ4v) is 5.50. The number of aryl methyl sites for hydroxylation is 3. The van der Waals surface area contributed by atoms with Crippen LogP contribution in [0.15, 0.2) is 85.1 Å². The van der Waals surface area contributed by atoms with Crippen molar-refractivity contribution in [2.75, 3.05) is 0 Å². The Morgan fingerprint density at radius 1 is 0.727 bits per heavy atom. The van der Waals surface area contributed by atoms with Crippen molar-refractivity contribution in [3.63, 3.8) is 0 Å². The first-order valence-electron chi connectivity index (χ1n) is 11.4. The van der Waals surface area contributed by atoms with Crippen molar-refractivity contribution in [1.29, 1.82) is 0 Å². The second-order valence-corrected chi connectivity index (χ2v) is 9.04. The predicted octanol–water partition coefficient (Wildman–Crippen LogP) is 7.22. The van der Waals surface area contributed by atoms with E-state index < -0.39 is 0 Å². The maximum atomic E-state index is 6.22. The minimum Gasteiger partial charge on any atom is -0.457 e. The van der Waals surface area contributed by atoms with Crippen molar-refractivity contribution in [1.82, 2.24) is 4.40 Å². The summed E-state index contributed by atoms with van der Waals surface area (Å²) in [7, 11) is 2.16. The highest BCUT2D eigenvalue weighted by molar-refractivity contribution is 6.26. The highest BCUT2D eigenvalue weighted by Gasteiger charge is 2.24. The smallest absolute Gasteiger partial charge is 0.224 e. The highest BCUT2D eigenvalue weighted by Crippen LogP contribution is 2.42. The van der Waals surface area contributed by atoms with Crippen molar-refractivity contribution in [3.05, 3.63) is 96.2 Å². The molecule has 0 aliphatic rings. The number of nitrogens with zero attached hydrogens (tertiary/aromatic N) is 2. The van der Waals surface area contributed by atoms with Crippen LogP contribution in [0, 0.1) is 13.8 Å². The van der Waals surface area contributed by atoms with E-state index in [-0.39, 0.29) is 0 Å². The van der Waals surface area contributed by atoms with Crippen LogP contribution >= 0.6 is 0 Å². The Hall–Kier alpha value is -4.11. The number of fused-ring (bicyclic) bond motifs is 5. The molecule has 4 aromatic carbocycles. The van der Waals surface area contributed by atoms with Crippen molar-refractivity contribution >= 4 is 49.0 Å². The molecular weight excluding hydrogens is 404 g/mol. The van der Waals surface area contributed by atoms with Gasteiger partial charge < -0.3 is 9.14 Å². The third-order valence-electron chi connectivity index (χ3n) is 7.14. The Morgan fingerprint density at radius 2 is 1.58 bits per heavy atom. The maximum Gasteiger partial charge on any atom is 0.224 e. The van der Waals surface area contributed by atoms with Gasteiger partial charge in [0.2, 0.25) is 5.52 Å². The Morgan fingerprint density at radius 3 is 2.42 bits per heavy atom. The monoisotopic (exact) mass is 427 g/mol. The largest absolute Gasteiger partial charge is 0.457 e. The van der Waals surface area contributed by atoms with Crippen molar-refractivity contribution in [2.24, 2.45) is 7.05 Å². The van der Waals surface area contributed by atoms with Gasteiger partial charge in [-0.25, -0.2) is 4.57 Å². The second-order valence-electron chi connectivity index (χ2n) is 9.04. The van der Waals surface area contributed by atoms with Gasteiger partial charge in [0.05, 0.1) is 27.3 Å². The van der Waals surface area contributed by atoms with Gasteiger partial charge in [-0.3, -0.25) is 0 Å². The van der Waals surface area contributed by atoms with Gasteiger partial charge in [0.1, 0.15) is 18.5 Å². The average Bonchev–Trinajstić information content (AvgIpc) is 3.15. The number of ether oxygens (including phenoxy) is 1. The summed E-state index contributed by atoms with van der Waals surface area (Å²) in [5.74, 6) is 1.69. The molecule has 7 rings (SSSR count). The van der Waals surface area contributed by atoms with Crippen LogP contribution in [0.5, 0.6) is 11.5 Å². The van der Waals surface area contributed by atoms with E-state index in [0.717, 1.165) is 11.5 Å². The molecule has 3 aromatic heterocycles. The lowest BCUT2D eigenvalue weighted by Gasteiger charge is -2.14. The SMILES string of the molecule is Cc1cc2c3ccc(Oc4ccccc4)cc3n3c4cccc5cc[n+](C)c(c(c1C)c23)c54. The van der Waals surface area contributed by atoms with Crippen LogP contribution in [0.1, 0.15) is 11.1 Å². The Balaban J connectivity index is 1.71. The number of hydrogen-bond donors (Lipinski definition) is 0. The molecule has 7 aromatic rings. The van der Waals surface area contributed by atoms with Crippen LogP contribution in [-0.4, -0.2) is 4.40 Å². The lowest BCUT2D eigenvalue weighted by atomic mass is 9.97. The molecule has 0 aliphatic carbocycles. The predicted molar refractivity (Wildman–Crippen MR) is 136 cm³/mol. The summed E-state index contributed by atoms with van der Waals surface area (Å²) in [5, 5.41) is 6.44. The maximum absolute atomic E-state index is 6.22.